The number of phenolic OH excluding ortho intramolecular Hbond substituents is 1. The Labute approximate surface area is 481 Å². The van der Waals surface area contributed by atoms with E-state index in [0.717, 1.165) is 6.07 Å². The van der Waals surface area contributed by atoms with Crippen molar-refractivity contribution in [2.45, 2.75) is 36.5 Å². The minimum atomic E-state index is -4.50. The molecule has 4 N–H and O–H groups in total. The zero-order valence-corrected chi connectivity index (χ0v) is 47.7. The van der Waals surface area contributed by atoms with Crippen molar-refractivity contribution in [1.82, 2.24) is 0 Å². The number of para-hydroxylation sites is 4. The Kier molecular flexibility index (Phi) is 19.3. The first-order chi connectivity index (χ1) is 35.3. The normalized spacial score (nSPS) is 11.9. The molecule has 0 atom stereocenters. The number of azo groups is 2. The summed E-state index contributed by atoms with van der Waals surface area (Å²) in [6, 6.07) is 35.3. The monoisotopic (exact) mass is 1210 g/mol. The molecule has 8 rings (SSSR count). The topological polar surface area (TPSA) is 284 Å². The number of halogens is 2. The van der Waals surface area contributed by atoms with Gasteiger partial charge in [0.05, 0.1) is 51.0 Å². The summed E-state index contributed by atoms with van der Waals surface area (Å²) in [4.78, 5) is 16.5. The van der Waals surface area contributed by atoms with Crippen LogP contribution in [0, 0.1) is 0 Å². The third-order valence-corrected chi connectivity index (χ3v) is 14.0. The van der Waals surface area contributed by atoms with Gasteiger partial charge in [-0.05, 0) is 107 Å². The fourth-order valence-corrected chi connectivity index (χ4v) is 10.1. The van der Waals surface area contributed by atoms with Gasteiger partial charge in [0.1, 0.15) is 34.2 Å². The van der Waals surface area contributed by atoms with Crippen molar-refractivity contribution in [3.8, 4) is 23.0 Å². The van der Waals surface area contributed by atoms with Gasteiger partial charge in [-0.3, -0.25) is 18.9 Å². The van der Waals surface area contributed by atoms with E-state index in [2.05, 4.69) is 30.8 Å². The average Bonchev–Trinajstić information content (AvgIpc) is 3.38. The second-order valence-corrected chi connectivity index (χ2v) is 19.3. The van der Waals surface area contributed by atoms with Crippen molar-refractivity contribution in [2.24, 2.45) is 25.4 Å². The van der Waals surface area contributed by atoms with Gasteiger partial charge in [-0.1, -0.05) is 116 Å². The predicted octanol–water partition coefficient (Wildman–Crippen LogP) is 11.5. The molecule has 0 radical (unpaired) electrons. The van der Waals surface area contributed by atoms with Crippen LogP contribution in [0.2, 0.25) is 10.0 Å². The van der Waals surface area contributed by atoms with E-state index in [1.807, 2.05) is 0 Å². The Hall–Kier alpha value is -6.41. The van der Waals surface area contributed by atoms with Crippen LogP contribution in [-0.2, 0) is 33.1 Å². The van der Waals surface area contributed by atoms with E-state index in [1.165, 1.54) is 44.6 Å². The van der Waals surface area contributed by atoms with Crippen LogP contribution in [-0.4, -0.2) is 106 Å². The number of benzene rings is 8. The number of rotatable bonds is 14. The molecule has 0 heterocycles. The molecule has 8 aromatic carbocycles. The molecular formula is C52H42BaCl2N6O12S2. The molecule has 0 unspecified atom stereocenters. The van der Waals surface area contributed by atoms with E-state index >= 15 is 0 Å². The fraction of sp³-hybridized carbons (Fsp3) is 0.115. The van der Waals surface area contributed by atoms with Gasteiger partial charge >= 0.3 is 48.9 Å². The van der Waals surface area contributed by atoms with Crippen LogP contribution >= 0.6 is 23.2 Å². The molecule has 75 heavy (non-hydrogen) atoms. The summed E-state index contributed by atoms with van der Waals surface area (Å²) in [5, 5.41) is 58.9. The van der Waals surface area contributed by atoms with E-state index in [9.17, 15) is 46.1 Å². The first-order valence-electron chi connectivity index (χ1n) is 22.0. The number of nitrogens with zero attached hydrogens (tertiary/aromatic N) is 5. The maximum Gasteiger partial charge on any atom is 2.00 e. The smallest absolute Gasteiger partial charge is 0.871 e. The van der Waals surface area contributed by atoms with Gasteiger partial charge in [-0.15, -0.1) is 15.3 Å². The minimum Gasteiger partial charge on any atom is -0.871 e. The summed E-state index contributed by atoms with van der Waals surface area (Å²) in [6.45, 7) is 3.35. The van der Waals surface area contributed by atoms with Crippen molar-refractivity contribution in [3.63, 3.8) is 0 Å². The molecule has 0 aliphatic heterocycles. The van der Waals surface area contributed by atoms with Gasteiger partial charge < -0.3 is 30.1 Å². The quantitative estimate of drug-likeness (QED) is 0.0260. The number of carbonyl (C=O) groups is 1. The number of methoxy groups -OCH3 is 2. The molecule has 380 valence electrons. The molecular weight excluding hydrogens is 1170 g/mol. The maximum atomic E-state index is 13.4. The standard InChI is InChI=1S/2C26H22ClN3O6S.Ba/c2*1-3-16-22(37(33,34)35)13-12-20(23(16)27)29-30-24-17-9-5-4-8-15(17)14-18(25(24)31)26(32)28-19-10-6-7-11-21(19)36-2;/h2*4-14,31H,3H2,1-2H3,(H,28,32)(H,33,34,35);/q;;+2/p-2. The summed E-state index contributed by atoms with van der Waals surface area (Å²) >= 11 is 12.7. The van der Waals surface area contributed by atoms with Gasteiger partial charge in [0.15, 0.2) is 5.75 Å². The molecule has 1 amide bonds. The first-order valence-corrected chi connectivity index (χ1v) is 25.7. The zero-order valence-electron chi connectivity index (χ0n) is 40.1. The van der Waals surface area contributed by atoms with E-state index in [1.54, 1.807) is 111 Å². The van der Waals surface area contributed by atoms with Crippen LogP contribution < -0.4 is 25.0 Å². The maximum absolute atomic E-state index is 13.4. The summed E-state index contributed by atoms with van der Waals surface area (Å²) in [5.41, 5.74) is 0.907. The molecule has 0 bridgehead atoms. The van der Waals surface area contributed by atoms with Crippen LogP contribution in [0.1, 0.15) is 40.9 Å². The number of nitrogens with one attached hydrogen (secondary N) is 1. The summed E-state index contributed by atoms with van der Waals surface area (Å²) in [7, 11) is -6.05. The number of aliphatic imine (C=N–C) groups is 1. The number of aromatic hydroxyl groups is 1. The number of phenols is 1. The molecule has 0 saturated heterocycles. The molecule has 0 aromatic heterocycles. The molecule has 0 aliphatic carbocycles. The number of hydrogen-bond acceptors (Lipinski definition) is 15. The number of carbonyl (C=O) groups excluding carboxylic acids is 1. The number of anilines is 1. The van der Waals surface area contributed by atoms with Crippen LogP contribution in [0.25, 0.3) is 21.5 Å². The van der Waals surface area contributed by atoms with Crippen LogP contribution in [0.3, 0.4) is 0 Å². The molecule has 18 nitrogen and oxygen atoms in total. The van der Waals surface area contributed by atoms with Crippen molar-refractivity contribution in [2.75, 3.05) is 19.5 Å². The second kappa shape index (κ2) is 25.0. The van der Waals surface area contributed by atoms with E-state index in [-0.39, 0.29) is 132 Å². The summed E-state index contributed by atoms with van der Waals surface area (Å²) in [5.74, 6) is -1.64. The van der Waals surface area contributed by atoms with Gasteiger partial charge in [0.25, 0.3) is 26.1 Å². The van der Waals surface area contributed by atoms with Crippen molar-refractivity contribution in [1.29, 1.82) is 0 Å². The zero-order chi connectivity index (χ0) is 53.5. The Morgan fingerprint density at radius 2 is 1.07 bits per heavy atom. The van der Waals surface area contributed by atoms with Gasteiger partial charge in [0.2, 0.25) is 0 Å². The Morgan fingerprint density at radius 3 is 1.59 bits per heavy atom. The van der Waals surface area contributed by atoms with E-state index in [4.69, 9.17) is 32.7 Å². The third kappa shape index (κ3) is 13.0. The van der Waals surface area contributed by atoms with Gasteiger partial charge in [-0.2, -0.15) is 21.9 Å². The molecule has 0 saturated carbocycles. The van der Waals surface area contributed by atoms with Crippen molar-refractivity contribution in [3.05, 3.63) is 166 Å². The van der Waals surface area contributed by atoms with Crippen molar-refractivity contribution >= 4 is 160 Å². The summed E-state index contributed by atoms with van der Waals surface area (Å²) in [6.07, 6.45) is 0.408. The fourth-order valence-electron chi connectivity index (χ4n) is 7.68. The SMILES string of the molecule is CCc1c(S(=O)(=O)O)ccc(N=Nc2c(O)c(C(=O)Nc3ccccc3OC)cc3ccccc23)c1Cl.CCc1c(S(=O)(=O)O)ccc(N=Nc2c([O-])c(C([O-])=Nc3ccccc3OC)cc3ccccc23)c1Cl.[Ba+2]. The minimum absolute atomic E-state index is 0. The third-order valence-electron chi connectivity index (χ3n) is 11.2. The number of fused-ring (bicyclic) bond motifs is 2. The van der Waals surface area contributed by atoms with Gasteiger partial charge in [-0.25, -0.2) is 0 Å². The van der Waals surface area contributed by atoms with Crippen LogP contribution in [0.15, 0.2) is 169 Å². The average molecular weight is 1220 g/mol. The number of ether oxygens (including phenoxy) is 2. The van der Waals surface area contributed by atoms with E-state index < -0.39 is 43.5 Å². The Bertz CT molecular complexity index is 3830. The molecule has 0 fully saturated rings. The predicted molar refractivity (Wildman–Crippen MR) is 285 cm³/mol. The second-order valence-electron chi connectivity index (χ2n) is 15.7. The molecule has 23 heteroatoms. The van der Waals surface area contributed by atoms with Crippen LogP contribution in [0.5, 0.6) is 23.0 Å². The molecule has 8 aromatic rings. The Morgan fingerprint density at radius 1 is 0.613 bits per heavy atom. The number of hydrogen-bond donors (Lipinski definition) is 4. The summed E-state index contributed by atoms with van der Waals surface area (Å²) < 4.78 is 76.2. The largest absolute Gasteiger partial charge is 2.00 e. The first kappa shape index (κ1) is 57.9. The Balaban J connectivity index is 0.000000241. The van der Waals surface area contributed by atoms with Crippen molar-refractivity contribution < 1.29 is 55.5 Å². The number of amides is 1. The van der Waals surface area contributed by atoms with E-state index in [0.29, 0.717) is 38.7 Å². The molecule has 0 spiro atoms. The van der Waals surface area contributed by atoms with Gasteiger partial charge in [0, 0.05) is 10.8 Å². The van der Waals surface area contributed by atoms with Crippen LogP contribution in [0.4, 0.5) is 34.1 Å². The molecule has 0 aliphatic rings.